The number of sulfone groups is 1. The van der Waals surface area contributed by atoms with Crippen LogP contribution in [0.1, 0.15) is 20.3 Å². The first-order chi connectivity index (χ1) is 8.33. The number of rotatable bonds is 5. The lowest BCUT2D eigenvalue weighted by Crippen LogP contribution is -2.31. The van der Waals surface area contributed by atoms with Gasteiger partial charge in [0, 0.05) is 12.5 Å². The lowest BCUT2D eigenvalue weighted by atomic mass is 10.3. The molecule has 0 aliphatic rings. The number of carbonyl (C=O) groups is 1. The van der Waals surface area contributed by atoms with Crippen LogP contribution in [0.15, 0.2) is 29.2 Å². The van der Waals surface area contributed by atoms with E-state index in [1.165, 1.54) is 18.2 Å². The minimum atomic E-state index is -3.76. The zero-order valence-electron chi connectivity index (χ0n) is 10.3. The first kappa shape index (κ1) is 14.6. The Morgan fingerprint density at radius 1 is 1.33 bits per heavy atom. The van der Waals surface area contributed by atoms with Gasteiger partial charge >= 0.3 is 0 Å². The molecule has 0 spiro atoms. The molecule has 0 aromatic heterocycles. The average Bonchev–Trinajstić information content (AvgIpc) is 2.26. The zero-order valence-corrected chi connectivity index (χ0v) is 11.1. The Morgan fingerprint density at radius 2 is 1.94 bits per heavy atom. The van der Waals surface area contributed by atoms with Crippen LogP contribution in [0.5, 0.6) is 0 Å². The molecule has 1 N–H and O–H groups in total. The summed E-state index contributed by atoms with van der Waals surface area (Å²) in [6, 6.07) is 5.10. The van der Waals surface area contributed by atoms with E-state index in [0.29, 0.717) is 0 Å². The van der Waals surface area contributed by atoms with Crippen molar-refractivity contribution in [2.75, 3.05) is 5.75 Å². The molecule has 6 heteroatoms. The molecule has 0 saturated heterocycles. The summed E-state index contributed by atoms with van der Waals surface area (Å²) in [7, 11) is -3.76. The molecular weight excluding hydrogens is 257 g/mol. The standard InChI is InChI=1S/C12H16FNO3S/c1-9(2)14-12(15)7-8-18(16,17)11-6-4-3-5-10(11)13/h3-6,9H,7-8H2,1-2H3,(H,14,15). The van der Waals surface area contributed by atoms with E-state index in [4.69, 9.17) is 0 Å². The molecule has 0 unspecified atom stereocenters. The zero-order chi connectivity index (χ0) is 13.8. The Balaban J connectivity index is 2.72. The fourth-order valence-electron chi connectivity index (χ4n) is 1.43. The van der Waals surface area contributed by atoms with Crippen LogP contribution in [0.25, 0.3) is 0 Å². The maximum absolute atomic E-state index is 13.3. The highest BCUT2D eigenvalue weighted by Crippen LogP contribution is 2.15. The van der Waals surface area contributed by atoms with Crippen molar-refractivity contribution in [3.05, 3.63) is 30.1 Å². The Morgan fingerprint density at radius 3 is 2.50 bits per heavy atom. The van der Waals surface area contributed by atoms with E-state index < -0.39 is 21.4 Å². The molecule has 0 fully saturated rings. The van der Waals surface area contributed by atoms with Crippen molar-refractivity contribution < 1.29 is 17.6 Å². The third-order valence-corrected chi connectivity index (χ3v) is 3.96. The van der Waals surface area contributed by atoms with E-state index >= 15 is 0 Å². The van der Waals surface area contributed by atoms with Crippen molar-refractivity contribution in [1.29, 1.82) is 0 Å². The van der Waals surface area contributed by atoms with Gasteiger partial charge in [-0.2, -0.15) is 0 Å². The van der Waals surface area contributed by atoms with Gasteiger partial charge in [0.1, 0.15) is 10.7 Å². The summed E-state index contributed by atoms with van der Waals surface area (Å²) in [5, 5.41) is 2.58. The van der Waals surface area contributed by atoms with Gasteiger partial charge in [-0.15, -0.1) is 0 Å². The van der Waals surface area contributed by atoms with Gasteiger partial charge in [0.15, 0.2) is 9.84 Å². The third kappa shape index (κ3) is 4.10. The number of benzene rings is 1. The predicted octanol–water partition coefficient (Wildman–Crippen LogP) is 1.51. The summed E-state index contributed by atoms with van der Waals surface area (Å²) >= 11 is 0. The number of carbonyl (C=O) groups excluding carboxylic acids is 1. The van der Waals surface area contributed by atoms with E-state index in [9.17, 15) is 17.6 Å². The van der Waals surface area contributed by atoms with Gasteiger partial charge < -0.3 is 5.32 Å². The smallest absolute Gasteiger partial charge is 0.221 e. The minimum Gasteiger partial charge on any atom is -0.354 e. The van der Waals surface area contributed by atoms with Crippen molar-refractivity contribution in [2.45, 2.75) is 31.2 Å². The van der Waals surface area contributed by atoms with Crippen LogP contribution in [0, 0.1) is 5.82 Å². The first-order valence-corrected chi connectivity index (χ1v) is 7.25. The van der Waals surface area contributed by atoms with Gasteiger partial charge in [0.05, 0.1) is 5.75 Å². The van der Waals surface area contributed by atoms with Crippen molar-refractivity contribution >= 4 is 15.7 Å². The first-order valence-electron chi connectivity index (χ1n) is 5.59. The molecule has 0 bridgehead atoms. The van der Waals surface area contributed by atoms with E-state index in [-0.39, 0.29) is 23.3 Å². The number of nitrogens with one attached hydrogen (secondary N) is 1. The molecule has 0 saturated carbocycles. The summed E-state index contributed by atoms with van der Waals surface area (Å²) < 4.78 is 37.0. The molecule has 0 aliphatic heterocycles. The van der Waals surface area contributed by atoms with Crippen LogP contribution >= 0.6 is 0 Å². The lowest BCUT2D eigenvalue weighted by Gasteiger charge is -2.09. The van der Waals surface area contributed by atoms with Gasteiger partial charge in [-0.1, -0.05) is 12.1 Å². The van der Waals surface area contributed by atoms with E-state index in [1.54, 1.807) is 13.8 Å². The van der Waals surface area contributed by atoms with Crippen LogP contribution in [0.3, 0.4) is 0 Å². The molecule has 100 valence electrons. The van der Waals surface area contributed by atoms with Gasteiger partial charge in [-0.3, -0.25) is 4.79 Å². The monoisotopic (exact) mass is 273 g/mol. The maximum atomic E-state index is 13.3. The topological polar surface area (TPSA) is 63.2 Å². The summed E-state index contributed by atoms with van der Waals surface area (Å²) in [6.45, 7) is 3.56. The molecule has 1 aromatic carbocycles. The van der Waals surface area contributed by atoms with E-state index in [0.717, 1.165) is 6.07 Å². The number of hydrogen-bond donors (Lipinski definition) is 1. The quantitative estimate of drug-likeness (QED) is 0.884. The number of amides is 1. The predicted molar refractivity (Wildman–Crippen MR) is 66.3 cm³/mol. The lowest BCUT2D eigenvalue weighted by molar-refractivity contribution is -0.121. The number of halogens is 1. The van der Waals surface area contributed by atoms with Gasteiger partial charge in [-0.25, -0.2) is 12.8 Å². The largest absolute Gasteiger partial charge is 0.354 e. The van der Waals surface area contributed by atoms with Crippen LogP contribution < -0.4 is 5.32 Å². The molecule has 1 amide bonds. The van der Waals surface area contributed by atoms with E-state index in [2.05, 4.69) is 5.32 Å². The van der Waals surface area contributed by atoms with Crippen molar-refractivity contribution in [2.24, 2.45) is 0 Å². The third-order valence-electron chi connectivity index (χ3n) is 2.22. The molecule has 1 aromatic rings. The summed E-state index contributed by atoms with van der Waals surface area (Å²) in [4.78, 5) is 11.0. The normalized spacial score (nSPS) is 11.6. The van der Waals surface area contributed by atoms with Crippen LogP contribution in [-0.2, 0) is 14.6 Å². The molecule has 4 nitrogen and oxygen atoms in total. The Hall–Kier alpha value is -1.43. The Labute approximate surface area is 106 Å². The Bertz CT molecular complexity index is 526. The average molecular weight is 273 g/mol. The minimum absolute atomic E-state index is 0.0475. The second-order valence-electron chi connectivity index (χ2n) is 4.22. The second-order valence-corrected chi connectivity index (χ2v) is 6.30. The molecule has 0 atom stereocenters. The van der Waals surface area contributed by atoms with Crippen LogP contribution in [0.2, 0.25) is 0 Å². The maximum Gasteiger partial charge on any atom is 0.221 e. The fraction of sp³-hybridized carbons (Fsp3) is 0.417. The van der Waals surface area contributed by atoms with Gasteiger partial charge in [0.25, 0.3) is 0 Å². The molecule has 0 heterocycles. The van der Waals surface area contributed by atoms with Crippen molar-refractivity contribution in [1.82, 2.24) is 5.32 Å². The highest BCUT2D eigenvalue weighted by molar-refractivity contribution is 7.91. The van der Waals surface area contributed by atoms with Gasteiger partial charge in [-0.05, 0) is 26.0 Å². The highest BCUT2D eigenvalue weighted by Gasteiger charge is 2.20. The van der Waals surface area contributed by atoms with Crippen LogP contribution in [-0.4, -0.2) is 26.1 Å². The van der Waals surface area contributed by atoms with E-state index in [1.807, 2.05) is 0 Å². The summed E-state index contributed by atoms with van der Waals surface area (Å²) in [5.41, 5.74) is 0. The molecule has 0 radical (unpaired) electrons. The summed E-state index contributed by atoms with van der Waals surface area (Å²) in [5.74, 6) is -1.54. The highest BCUT2D eigenvalue weighted by atomic mass is 32.2. The SMILES string of the molecule is CC(C)NC(=O)CCS(=O)(=O)c1ccccc1F. The van der Waals surface area contributed by atoms with Crippen molar-refractivity contribution in [3.63, 3.8) is 0 Å². The fourth-order valence-corrected chi connectivity index (χ4v) is 2.75. The molecule has 1 rings (SSSR count). The van der Waals surface area contributed by atoms with Gasteiger partial charge in [0.2, 0.25) is 5.91 Å². The summed E-state index contributed by atoms with van der Waals surface area (Å²) in [6.07, 6.45) is -0.172. The Kier molecular flexibility index (Phi) is 4.84. The van der Waals surface area contributed by atoms with Crippen LogP contribution in [0.4, 0.5) is 4.39 Å². The number of hydrogen-bond acceptors (Lipinski definition) is 3. The van der Waals surface area contributed by atoms with Crippen molar-refractivity contribution in [3.8, 4) is 0 Å². The molecule has 0 aliphatic carbocycles. The second kappa shape index (κ2) is 5.95. The molecular formula is C12H16FNO3S. The molecule has 18 heavy (non-hydrogen) atoms.